The maximum atomic E-state index is 11.4. The van der Waals surface area contributed by atoms with E-state index < -0.39 is 18.2 Å². The van der Waals surface area contributed by atoms with Crippen molar-refractivity contribution in [3.63, 3.8) is 0 Å². The van der Waals surface area contributed by atoms with Crippen LogP contribution in [0.25, 0.3) is 0 Å². The Hall–Kier alpha value is -1.37. The van der Waals surface area contributed by atoms with Crippen molar-refractivity contribution in [2.75, 3.05) is 5.75 Å². The molecule has 0 radical (unpaired) electrons. The van der Waals surface area contributed by atoms with Crippen molar-refractivity contribution in [2.45, 2.75) is 25.7 Å². The summed E-state index contributed by atoms with van der Waals surface area (Å²) in [6.07, 6.45) is -2.20. The molecule has 2 N–H and O–H groups in total. The van der Waals surface area contributed by atoms with Crippen LogP contribution in [0.3, 0.4) is 0 Å². The van der Waals surface area contributed by atoms with Gasteiger partial charge < -0.3 is 14.9 Å². The molecule has 1 heterocycles. The van der Waals surface area contributed by atoms with Crippen molar-refractivity contribution in [3.05, 3.63) is 34.9 Å². The molecule has 0 aromatic heterocycles. The number of esters is 1. The quantitative estimate of drug-likeness (QED) is 0.803. The van der Waals surface area contributed by atoms with Crippen molar-refractivity contribution in [2.24, 2.45) is 0 Å². The number of rotatable bonds is 4. The van der Waals surface area contributed by atoms with E-state index in [2.05, 4.69) is 0 Å². The first-order valence-corrected chi connectivity index (χ1v) is 6.77. The van der Waals surface area contributed by atoms with Gasteiger partial charge >= 0.3 is 5.97 Å². The minimum atomic E-state index is -1.13. The lowest BCUT2D eigenvalue weighted by molar-refractivity contribution is -0.109. The molecule has 0 saturated carbocycles. The van der Waals surface area contributed by atoms with Crippen LogP contribution in [0.4, 0.5) is 0 Å². The second kappa shape index (κ2) is 5.73. The Labute approximate surface area is 114 Å². The first-order valence-electron chi connectivity index (χ1n) is 5.78. The van der Waals surface area contributed by atoms with Gasteiger partial charge in [-0.3, -0.25) is 4.79 Å². The zero-order valence-corrected chi connectivity index (χ0v) is 11.1. The second-order valence-corrected chi connectivity index (χ2v) is 5.50. The fraction of sp³-hybridized carbons (Fsp3) is 0.385. The molecule has 0 aliphatic carbocycles. The summed E-state index contributed by atoms with van der Waals surface area (Å²) < 4.78 is 4.87. The van der Waals surface area contributed by atoms with Crippen LogP contribution in [0, 0.1) is 0 Å². The van der Waals surface area contributed by atoms with Crippen LogP contribution in [0.1, 0.15) is 34.5 Å². The molecule has 1 aromatic carbocycles. The van der Waals surface area contributed by atoms with E-state index in [9.17, 15) is 19.8 Å². The van der Waals surface area contributed by atoms with Gasteiger partial charge in [-0.15, -0.1) is 0 Å². The van der Waals surface area contributed by atoms with Gasteiger partial charge in [-0.2, -0.15) is 0 Å². The summed E-state index contributed by atoms with van der Waals surface area (Å²) >= 11 is 0.948. The Bertz CT molecular complexity index is 514. The van der Waals surface area contributed by atoms with E-state index in [0.29, 0.717) is 11.1 Å². The minimum absolute atomic E-state index is 0.109. The number of ether oxygens (including phenoxy) is 1. The number of benzene rings is 1. The van der Waals surface area contributed by atoms with E-state index in [1.807, 2.05) is 0 Å². The lowest BCUT2D eigenvalue weighted by atomic mass is 10.00. The van der Waals surface area contributed by atoms with Crippen LogP contribution in [0.2, 0.25) is 0 Å². The topological polar surface area (TPSA) is 83.8 Å². The highest BCUT2D eigenvalue weighted by Crippen LogP contribution is 2.26. The number of carbonyl (C=O) groups excluding carboxylic acids is 2. The number of hydrogen-bond acceptors (Lipinski definition) is 6. The zero-order valence-electron chi connectivity index (χ0n) is 10.3. The zero-order chi connectivity index (χ0) is 14.0. The van der Waals surface area contributed by atoms with Crippen molar-refractivity contribution in [1.29, 1.82) is 0 Å². The Morgan fingerprint density at radius 3 is 2.89 bits per heavy atom. The molecule has 2 atom stereocenters. The predicted molar refractivity (Wildman–Crippen MR) is 69.7 cm³/mol. The largest absolute Gasteiger partial charge is 0.457 e. The number of cyclic esters (lactones) is 1. The van der Waals surface area contributed by atoms with E-state index in [1.165, 1.54) is 13.0 Å². The van der Waals surface area contributed by atoms with Crippen molar-refractivity contribution in [1.82, 2.24) is 0 Å². The highest BCUT2D eigenvalue weighted by atomic mass is 32.2. The maximum absolute atomic E-state index is 11.4. The summed E-state index contributed by atoms with van der Waals surface area (Å²) in [5, 5.41) is 19.7. The second-order valence-electron chi connectivity index (χ2n) is 4.31. The minimum Gasteiger partial charge on any atom is -0.457 e. The molecule has 19 heavy (non-hydrogen) atoms. The van der Waals surface area contributed by atoms with Crippen molar-refractivity contribution in [3.8, 4) is 0 Å². The van der Waals surface area contributed by atoms with E-state index in [4.69, 9.17) is 4.74 Å². The number of fused-ring (bicyclic) bond motifs is 1. The van der Waals surface area contributed by atoms with Gasteiger partial charge in [-0.25, -0.2) is 4.79 Å². The number of hydrogen-bond donors (Lipinski definition) is 2. The average molecular weight is 282 g/mol. The smallest absolute Gasteiger partial charge is 0.338 e. The molecular weight excluding hydrogens is 268 g/mol. The number of aliphatic hydroxyl groups is 2. The van der Waals surface area contributed by atoms with E-state index >= 15 is 0 Å². The van der Waals surface area contributed by atoms with Crippen LogP contribution in [-0.4, -0.2) is 33.2 Å². The molecule has 1 aromatic rings. The summed E-state index contributed by atoms with van der Waals surface area (Å²) in [5.41, 5.74) is 1.63. The Kier molecular flexibility index (Phi) is 4.24. The van der Waals surface area contributed by atoms with Gasteiger partial charge in [-0.1, -0.05) is 23.9 Å². The highest BCUT2D eigenvalue weighted by Gasteiger charge is 2.25. The third-order valence-corrected chi connectivity index (χ3v) is 3.79. The lowest BCUT2D eigenvalue weighted by Gasteiger charge is -2.17. The summed E-state index contributed by atoms with van der Waals surface area (Å²) in [6, 6.07) is 4.87. The van der Waals surface area contributed by atoms with E-state index in [-0.39, 0.29) is 17.5 Å². The average Bonchev–Trinajstić information content (AvgIpc) is 2.76. The van der Waals surface area contributed by atoms with Gasteiger partial charge in [-0.05, 0) is 11.6 Å². The summed E-state index contributed by atoms with van der Waals surface area (Å²) in [7, 11) is 0. The van der Waals surface area contributed by atoms with Crippen LogP contribution in [0.15, 0.2) is 18.2 Å². The molecule has 1 aliphatic rings. The molecule has 0 fully saturated rings. The normalized spacial score (nSPS) is 16.7. The maximum Gasteiger partial charge on any atom is 0.338 e. The number of carbonyl (C=O) groups is 2. The van der Waals surface area contributed by atoms with Gasteiger partial charge in [0.25, 0.3) is 0 Å². The van der Waals surface area contributed by atoms with E-state index in [1.54, 1.807) is 12.1 Å². The van der Waals surface area contributed by atoms with Crippen LogP contribution in [0.5, 0.6) is 0 Å². The van der Waals surface area contributed by atoms with Gasteiger partial charge in [0.15, 0.2) is 5.12 Å². The Morgan fingerprint density at radius 2 is 2.21 bits per heavy atom. The fourth-order valence-corrected chi connectivity index (χ4v) is 2.42. The van der Waals surface area contributed by atoms with Crippen molar-refractivity contribution >= 4 is 22.8 Å². The third kappa shape index (κ3) is 3.15. The van der Waals surface area contributed by atoms with Gasteiger partial charge in [0, 0.05) is 18.2 Å². The summed E-state index contributed by atoms with van der Waals surface area (Å²) in [5.74, 6) is -0.311. The molecule has 5 nitrogen and oxygen atoms in total. The predicted octanol–water partition coefficient (Wildman–Crippen LogP) is 1.03. The van der Waals surface area contributed by atoms with E-state index in [0.717, 1.165) is 17.3 Å². The molecular formula is C13H14O5S. The molecule has 0 amide bonds. The van der Waals surface area contributed by atoms with Gasteiger partial charge in [0.1, 0.15) is 12.7 Å². The number of aliphatic hydroxyl groups excluding tert-OH is 2. The van der Waals surface area contributed by atoms with Gasteiger partial charge in [0.05, 0.1) is 11.7 Å². The monoisotopic (exact) mass is 282 g/mol. The summed E-state index contributed by atoms with van der Waals surface area (Å²) in [6.45, 7) is 1.64. The molecule has 2 unspecified atom stereocenters. The van der Waals surface area contributed by atoms with Crippen LogP contribution < -0.4 is 0 Å². The molecule has 102 valence electrons. The molecule has 0 spiro atoms. The fourth-order valence-electron chi connectivity index (χ4n) is 1.83. The molecule has 1 aliphatic heterocycles. The SMILES string of the molecule is CC(=O)SCC(O)C(O)c1ccc2c(c1)C(=O)OC2. The summed E-state index contributed by atoms with van der Waals surface area (Å²) in [4.78, 5) is 22.2. The highest BCUT2D eigenvalue weighted by molar-refractivity contribution is 8.13. The number of thioether (sulfide) groups is 1. The molecule has 6 heteroatoms. The van der Waals surface area contributed by atoms with Crippen LogP contribution >= 0.6 is 11.8 Å². The standard InChI is InChI=1S/C13H14O5S/c1-7(14)19-6-11(15)12(16)8-2-3-9-5-18-13(17)10(9)4-8/h2-4,11-12,15-16H,5-6H2,1H3. The Morgan fingerprint density at radius 1 is 1.47 bits per heavy atom. The molecule has 0 bridgehead atoms. The first kappa shape index (κ1) is 14.0. The van der Waals surface area contributed by atoms with Gasteiger partial charge in [0.2, 0.25) is 0 Å². The van der Waals surface area contributed by atoms with Crippen LogP contribution in [-0.2, 0) is 16.1 Å². The molecule has 0 saturated heterocycles. The lowest BCUT2D eigenvalue weighted by Crippen LogP contribution is -2.21. The third-order valence-electron chi connectivity index (χ3n) is 2.88. The van der Waals surface area contributed by atoms with Crippen molar-refractivity contribution < 1.29 is 24.5 Å². The first-order chi connectivity index (χ1) is 8.99. The Balaban J connectivity index is 2.11. The molecule has 2 rings (SSSR count).